The van der Waals surface area contributed by atoms with E-state index in [2.05, 4.69) is 12.3 Å². The Kier molecular flexibility index (Phi) is 6.11. The molecule has 0 aromatic carbocycles. The van der Waals surface area contributed by atoms with Gasteiger partial charge in [-0.1, -0.05) is 44.9 Å². The van der Waals surface area contributed by atoms with E-state index in [1.165, 1.54) is 70.6 Å². The predicted octanol–water partition coefficient (Wildman–Crippen LogP) is 3.53. The molecule has 3 nitrogen and oxygen atoms in total. The van der Waals surface area contributed by atoms with Crippen molar-refractivity contribution in [2.24, 2.45) is 11.8 Å². The normalized spacial score (nSPS) is 26.8. The summed E-state index contributed by atoms with van der Waals surface area (Å²) in [7, 11) is 0. The average Bonchev–Trinajstić information content (AvgIpc) is 2.68. The van der Waals surface area contributed by atoms with Crippen LogP contribution in [0, 0.1) is 5.92 Å². The lowest BCUT2D eigenvalue weighted by Gasteiger charge is -2.44. The Morgan fingerprint density at radius 1 is 1.05 bits per heavy atom. The van der Waals surface area contributed by atoms with Crippen molar-refractivity contribution in [3.63, 3.8) is 0 Å². The first-order chi connectivity index (χ1) is 9.32. The number of ether oxygens (including phenoxy) is 1. The van der Waals surface area contributed by atoms with Crippen LogP contribution >= 0.6 is 0 Å². The Hall–Kier alpha value is -0.120. The van der Waals surface area contributed by atoms with E-state index in [9.17, 15) is 0 Å². The van der Waals surface area contributed by atoms with E-state index >= 15 is 0 Å². The molecule has 0 spiro atoms. The fourth-order valence-corrected chi connectivity index (χ4v) is 4.34. The Labute approximate surface area is 118 Å². The highest BCUT2D eigenvalue weighted by Crippen LogP contribution is 2.39. The van der Waals surface area contributed by atoms with Gasteiger partial charge in [0.05, 0.1) is 11.6 Å². The Balaban J connectivity index is 2.12. The van der Waals surface area contributed by atoms with Crippen LogP contribution in [-0.2, 0) is 4.74 Å². The van der Waals surface area contributed by atoms with Crippen LogP contribution in [0.2, 0.25) is 0 Å². The molecular weight excluding hydrogens is 236 g/mol. The minimum absolute atomic E-state index is 0.00199. The Bertz CT molecular complexity index is 243. The highest BCUT2D eigenvalue weighted by molar-refractivity contribution is 4.98. The summed E-state index contributed by atoms with van der Waals surface area (Å²) in [5.41, 5.74) is 3.17. The number of hydrazine groups is 1. The Morgan fingerprint density at radius 2 is 1.63 bits per heavy atom. The molecule has 2 saturated carbocycles. The maximum Gasteiger partial charge on any atom is 0.0850 e. The van der Waals surface area contributed by atoms with Crippen LogP contribution in [0.25, 0.3) is 0 Å². The van der Waals surface area contributed by atoms with Gasteiger partial charge in [-0.15, -0.1) is 0 Å². The summed E-state index contributed by atoms with van der Waals surface area (Å²) in [6.45, 7) is 2.94. The zero-order chi connectivity index (χ0) is 13.6. The quantitative estimate of drug-likeness (QED) is 0.455. The third kappa shape index (κ3) is 3.71. The van der Waals surface area contributed by atoms with Gasteiger partial charge in [-0.25, -0.2) is 0 Å². The molecule has 2 aliphatic carbocycles. The van der Waals surface area contributed by atoms with Crippen LogP contribution in [0.5, 0.6) is 0 Å². The molecule has 112 valence electrons. The zero-order valence-corrected chi connectivity index (χ0v) is 12.6. The molecule has 0 aromatic heterocycles. The molecule has 19 heavy (non-hydrogen) atoms. The largest absolute Gasteiger partial charge is 0.374 e. The number of nitrogens with one attached hydrogen (secondary N) is 1. The van der Waals surface area contributed by atoms with Crippen molar-refractivity contribution in [3.8, 4) is 0 Å². The molecule has 0 bridgehead atoms. The molecule has 2 rings (SSSR count). The fraction of sp³-hybridized carbons (Fsp3) is 1.00. The van der Waals surface area contributed by atoms with Crippen molar-refractivity contribution in [1.29, 1.82) is 0 Å². The van der Waals surface area contributed by atoms with Gasteiger partial charge in [0.1, 0.15) is 0 Å². The third-order valence-corrected chi connectivity index (χ3v) is 5.25. The van der Waals surface area contributed by atoms with Crippen LogP contribution in [0.3, 0.4) is 0 Å². The minimum Gasteiger partial charge on any atom is -0.374 e. The third-order valence-electron chi connectivity index (χ3n) is 5.25. The van der Waals surface area contributed by atoms with Crippen molar-refractivity contribution in [2.45, 2.75) is 89.2 Å². The van der Waals surface area contributed by atoms with E-state index in [0.29, 0.717) is 12.0 Å². The summed E-state index contributed by atoms with van der Waals surface area (Å²) in [4.78, 5) is 0. The summed E-state index contributed by atoms with van der Waals surface area (Å²) in [6, 6.07) is 0.353. The molecule has 1 unspecified atom stereocenters. The Morgan fingerprint density at radius 3 is 2.16 bits per heavy atom. The summed E-state index contributed by atoms with van der Waals surface area (Å²) in [5.74, 6) is 6.68. The van der Waals surface area contributed by atoms with E-state index < -0.39 is 0 Å². The molecule has 1 atom stereocenters. The second-order valence-electron chi connectivity index (χ2n) is 6.45. The fourth-order valence-electron chi connectivity index (χ4n) is 4.34. The van der Waals surface area contributed by atoms with Crippen molar-refractivity contribution < 1.29 is 4.74 Å². The van der Waals surface area contributed by atoms with Crippen molar-refractivity contribution in [2.75, 3.05) is 6.61 Å². The van der Waals surface area contributed by atoms with Gasteiger partial charge in [-0.2, -0.15) is 0 Å². The van der Waals surface area contributed by atoms with E-state index in [1.807, 2.05) is 0 Å². The first-order valence-corrected chi connectivity index (χ1v) is 8.42. The molecule has 0 radical (unpaired) electrons. The second kappa shape index (κ2) is 7.61. The molecule has 0 aromatic rings. The van der Waals surface area contributed by atoms with Gasteiger partial charge < -0.3 is 4.74 Å². The van der Waals surface area contributed by atoms with E-state index in [1.54, 1.807) is 0 Å². The summed E-state index contributed by atoms with van der Waals surface area (Å²) < 4.78 is 6.31. The first-order valence-electron chi connectivity index (χ1n) is 8.42. The number of rotatable bonds is 5. The van der Waals surface area contributed by atoms with Gasteiger partial charge in [-0.05, 0) is 38.5 Å². The van der Waals surface area contributed by atoms with Crippen LogP contribution in [0.4, 0.5) is 0 Å². The van der Waals surface area contributed by atoms with Crippen molar-refractivity contribution in [3.05, 3.63) is 0 Å². The SMILES string of the molecule is CCOC1(C(NN)C2CCCCC2)CCCCCC1. The van der Waals surface area contributed by atoms with Crippen molar-refractivity contribution >= 4 is 0 Å². The highest BCUT2D eigenvalue weighted by Gasteiger charge is 2.43. The molecule has 0 saturated heterocycles. The summed E-state index contributed by atoms with van der Waals surface area (Å²) in [5, 5.41) is 0. The number of hydrogen-bond acceptors (Lipinski definition) is 3. The first kappa shape index (κ1) is 15.3. The average molecular weight is 268 g/mol. The standard InChI is InChI=1S/C16H32N2O/c1-2-19-16(12-8-3-4-9-13-16)15(18-17)14-10-6-5-7-11-14/h14-15,18H,2-13,17H2,1H3. The van der Waals surface area contributed by atoms with E-state index in [4.69, 9.17) is 10.6 Å². The van der Waals surface area contributed by atoms with Gasteiger partial charge in [0, 0.05) is 6.61 Å². The number of hydrogen-bond donors (Lipinski definition) is 2. The van der Waals surface area contributed by atoms with Gasteiger partial charge in [0.2, 0.25) is 0 Å². The lowest BCUT2D eigenvalue weighted by atomic mass is 9.73. The predicted molar refractivity (Wildman–Crippen MR) is 79.7 cm³/mol. The van der Waals surface area contributed by atoms with Gasteiger partial charge in [0.15, 0.2) is 0 Å². The number of nitrogens with two attached hydrogens (primary N) is 1. The summed E-state index contributed by atoms with van der Waals surface area (Å²) in [6.07, 6.45) is 14.5. The van der Waals surface area contributed by atoms with E-state index in [0.717, 1.165) is 6.61 Å². The summed E-state index contributed by atoms with van der Waals surface area (Å²) >= 11 is 0. The highest BCUT2D eigenvalue weighted by atomic mass is 16.5. The molecule has 3 N–H and O–H groups in total. The van der Waals surface area contributed by atoms with Crippen LogP contribution in [-0.4, -0.2) is 18.2 Å². The second-order valence-corrected chi connectivity index (χ2v) is 6.45. The van der Waals surface area contributed by atoms with E-state index in [-0.39, 0.29) is 5.60 Å². The monoisotopic (exact) mass is 268 g/mol. The molecule has 0 aliphatic heterocycles. The lowest BCUT2D eigenvalue weighted by molar-refractivity contribution is -0.0934. The molecule has 0 amide bonds. The van der Waals surface area contributed by atoms with Crippen LogP contribution in [0.1, 0.15) is 77.6 Å². The van der Waals surface area contributed by atoms with Gasteiger partial charge in [0.25, 0.3) is 0 Å². The maximum absolute atomic E-state index is 6.31. The lowest BCUT2D eigenvalue weighted by Crippen LogP contribution is -2.58. The topological polar surface area (TPSA) is 47.3 Å². The van der Waals surface area contributed by atoms with Crippen molar-refractivity contribution in [1.82, 2.24) is 5.43 Å². The van der Waals surface area contributed by atoms with Crippen LogP contribution in [0.15, 0.2) is 0 Å². The maximum atomic E-state index is 6.31. The molecular formula is C16H32N2O. The minimum atomic E-state index is 0.00199. The van der Waals surface area contributed by atoms with Gasteiger partial charge in [-0.3, -0.25) is 11.3 Å². The molecule has 2 aliphatic rings. The van der Waals surface area contributed by atoms with Crippen LogP contribution < -0.4 is 11.3 Å². The molecule has 2 fully saturated rings. The molecule has 3 heteroatoms. The smallest absolute Gasteiger partial charge is 0.0850 e. The van der Waals surface area contributed by atoms with Gasteiger partial charge >= 0.3 is 0 Å². The molecule has 0 heterocycles. The zero-order valence-electron chi connectivity index (χ0n) is 12.6.